The summed E-state index contributed by atoms with van der Waals surface area (Å²) in [4.78, 5) is 33.1. The number of carbonyl (C=O) groups excluding carboxylic acids is 3. The number of carbonyl (C=O) groups is 3. The summed E-state index contributed by atoms with van der Waals surface area (Å²) in [6.45, 7) is 0.815. The van der Waals surface area contributed by atoms with E-state index in [4.69, 9.17) is 4.74 Å². The Morgan fingerprint density at radius 3 is 2.37 bits per heavy atom. The third kappa shape index (κ3) is 6.56. The minimum atomic E-state index is -0.598. The van der Waals surface area contributed by atoms with E-state index in [0.29, 0.717) is 0 Å². The molecule has 7 heteroatoms. The summed E-state index contributed by atoms with van der Waals surface area (Å²) in [6, 6.07) is 7.18. The Morgan fingerprint density at radius 1 is 1.16 bits per heavy atom. The van der Waals surface area contributed by atoms with Gasteiger partial charge in [0, 0.05) is 11.4 Å². The lowest BCUT2D eigenvalue weighted by molar-refractivity contribution is -0.148. The number of ether oxygens (including phenoxy) is 1. The highest BCUT2D eigenvalue weighted by atomic mass is 79.9. The number of hydrogen-bond acceptors (Lipinski definition) is 4. The van der Waals surface area contributed by atoms with Gasteiger partial charge in [-0.2, -0.15) is 0 Å². The zero-order valence-corrected chi connectivity index (χ0v) is 11.8. The summed E-state index contributed by atoms with van der Waals surface area (Å²) in [5, 5.41) is 0. The molecule has 0 radical (unpaired) electrons. The highest BCUT2D eigenvalue weighted by Crippen LogP contribution is 2.11. The molecule has 0 aliphatic rings. The average molecular weight is 329 g/mol. The molecule has 2 amide bonds. The van der Waals surface area contributed by atoms with Crippen LogP contribution in [-0.4, -0.2) is 24.4 Å². The second-order valence-electron chi connectivity index (χ2n) is 3.69. The van der Waals surface area contributed by atoms with Gasteiger partial charge in [-0.1, -0.05) is 28.1 Å². The number of nitrogens with one attached hydrogen (secondary N) is 2. The van der Waals surface area contributed by atoms with Gasteiger partial charge in [-0.05, 0) is 17.7 Å². The molecule has 0 fully saturated rings. The van der Waals surface area contributed by atoms with Gasteiger partial charge in [0.25, 0.3) is 5.91 Å². The summed E-state index contributed by atoms with van der Waals surface area (Å²) in [5.74, 6) is -1.52. The average Bonchev–Trinajstić information content (AvgIpc) is 2.36. The molecule has 0 unspecified atom stereocenters. The van der Waals surface area contributed by atoms with Crippen LogP contribution in [-0.2, 0) is 25.5 Å². The highest BCUT2D eigenvalue weighted by molar-refractivity contribution is 9.10. The van der Waals surface area contributed by atoms with E-state index in [2.05, 4.69) is 26.8 Å². The van der Waals surface area contributed by atoms with Crippen molar-refractivity contribution in [1.82, 2.24) is 10.9 Å². The quantitative estimate of drug-likeness (QED) is 0.629. The van der Waals surface area contributed by atoms with Crippen LogP contribution in [0.2, 0.25) is 0 Å². The molecule has 1 aromatic carbocycles. The van der Waals surface area contributed by atoms with Crippen LogP contribution in [0.1, 0.15) is 12.5 Å². The molecule has 0 atom stereocenters. The van der Waals surface area contributed by atoms with E-state index in [1.165, 1.54) is 6.92 Å². The molecule has 19 heavy (non-hydrogen) atoms. The molecule has 0 saturated carbocycles. The van der Waals surface area contributed by atoms with Gasteiger partial charge < -0.3 is 4.74 Å². The predicted molar refractivity (Wildman–Crippen MR) is 70.8 cm³/mol. The number of halogens is 1. The summed E-state index contributed by atoms with van der Waals surface area (Å²) in [6.07, 6.45) is 0.0840. The Hall–Kier alpha value is -1.89. The first kappa shape index (κ1) is 15.2. The SMILES string of the molecule is CC(=O)NNC(=O)COC(=O)Cc1ccc(Br)cc1. The van der Waals surface area contributed by atoms with Crippen LogP contribution in [0, 0.1) is 0 Å². The monoisotopic (exact) mass is 328 g/mol. The molecular weight excluding hydrogens is 316 g/mol. The van der Waals surface area contributed by atoms with Gasteiger partial charge in [0.15, 0.2) is 6.61 Å². The molecule has 6 nitrogen and oxygen atoms in total. The zero-order valence-electron chi connectivity index (χ0n) is 10.2. The van der Waals surface area contributed by atoms with E-state index in [0.717, 1.165) is 10.0 Å². The molecule has 102 valence electrons. The van der Waals surface area contributed by atoms with Crippen molar-refractivity contribution in [2.45, 2.75) is 13.3 Å². The zero-order chi connectivity index (χ0) is 14.3. The first-order valence-electron chi connectivity index (χ1n) is 5.43. The third-order valence-corrected chi connectivity index (χ3v) is 2.53. The van der Waals surface area contributed by atoms with Gasteiger partial charge in [-0.15, -0.1) is 0 Å². The van der Waals surface area contributed by atoms with Crippen LogP contribution in [0.15, 0.2) is 28.7 Å². The summed E-state index contributed by atoms with van der Waals surface area (Å²) in [7, 11) is 0. The number of esters is 1. The molecule has 0 bridgehead atoms. The van der Waals surface area contributed by atoms with E-state index in [9.17, 15) is 14.4 Å². The Balaban J connectivity index is 2.29. The van der Waals surface area contributed by atoms with Crippen LogP contribution >= 0.6 is 15.9 Å². The van der Waals surface area contributed by atoms with Crippen molar-refractivity contribution in [2.24, 2.45) is 0 Å². The van der Waals surface area contributed by atoms with E-state index in [1.54, 1.807) is 12.1 Å². The fourth-order valence-corrected chi connectivity index (χ4v) is 1.42. The van der Waals surface area contributed by atoms with Crippen molar-refractivity contribution >= 4 is 33.7 Å². The standard InChI is InChI=1S/C12H13BrN2O4/c1-8(16)14-15-11(17)7-19-12(18)6-9-2-4-10(13)5-3-9/h2-5H,6-7H2,1H3,(H,14,16)(H,15,17). The lowest BCUT2D eigenvalue weighted by Gasteiger charge is -2.06. The number of rotatable bonds is 4. The fraction of sp³-hybridized carbons (Fsp3) is 0.250. The normalized spacial score (nSPS) is 9.58. The van der Waals surface area contributed by atoms with Crippen molar-refractivity contribution in [3.05, 3.63) is 34.3 Å². The molecule has 0 aliphatic heterocycles. The molecule has 0 saturated heterocycles. The van der Waals surface area contributed by atoms with Crippen molar-refractivity contribution in [1.29, 1.82) is 0 Å². The Morgan fingerprint density at radius 2 is 1.79 bits per heavy atom. The summed E-state index contributed by atoms with van der Waals surface area (Å²) < 4.78 is 5.67. The van der Waals surface area contributed by atoms with Gasteiger partial charge in [0.1, 0.15) is 0 Å². The molecule has 0 spiro atoms. The molecule has 0 aliphatic carbocycles. The topological polar surface area (TPSA) is 84.5 Å². The van der Waals surface area contributed by atoms with E-state index >= 15 is 0 Å². The van der Waals surface area contributed by atoms with Gasteiger partial charge in [-0.25, -0.2) is 0 Å². The lowest BCUT2D eigenvalue weighted by Crippen LogP contribution is -2.42. The third-order valence-electron chi connectivity index (χ3n) is 2.00. The number of hydrogen-bond donors (Lipinski definition) is 2. The molecule has 1 aromatic rings. The molecular formula is C12H13BrN2O4. The largest absolute Gasteiger partial charge is 0.455 e. The number of hydrazine groups is 1. The maximum atomic E-state index is 11.4. The van der Waals surface area contributed by atoms with Crippen molar-refractivity contribution in [2.75, 3.05) is 6.61 Å². The first-order chi connectivity index (χ1) is 8.97. The van der Waals surface area contributed by atoms with Gasteiger partial charge in [0.2, 0.25) is 5.91 Å². The number of benzene rings is 1. The Kier molecular flexibility index (Phi) is 6.01. The summed E-state index contributed by atoms with van der Waals surface area (Å²) in [5.41, 5.74) is 4.96. The minimum absolute atomic E-state index is 0.0840. The van der Waals surface area contributed by atoms with E-state index < -0.39 is 24.4 Å². The first-order valence-corrected chi connectivity index (χ1v) is 6.22. The molecule has 0 heterocycles. The van der Waals surface area contributed by atoms with Crippen LogP contribution in [0.25, 0.3) is 0 Å². The molecule has 0 aromatic heterocycles. The lowest BCUT2D eigenvalue weighted by atomic mass is 10.2. The van der Waals surface area contributed by atoms with Crippen molar-refractivity contribution in [3.63, 3.8) is 0 Å². The van der Waals surface area contributed by atoms with E-state index in [-0.39, 0.29) is 6.42 Å². The predicted octanol–water partition coefficient (Wildman–Crippen LogP) is 0.702. The van der Waals surface area contributed by atoms with Crippen molar-refractivity contribution < 1.29 is 19.1 Å². The highest BCUT2D eigenvalue weighted by Gasteiger charge is 2.08. The summed E-state index contributed by atoms with van der Waals surface area (Å²) >= 11 is 3.29. The smallest absolute Gasteiger partial charge is 0.310 e. The van der Waals surface area contributed by atoms with Crippen molar-refractivity contribution in [3.8, 4) is 0 Å². The van der Waals surface area contributed by atoms with Gasteiger partial charge >= 0.3 is 5.97 Å². The Labute approximate surface area is 118 Å². The maximum Gasteiger partial charge on any atom is 0.310 e. The molecule has 1 rings (SSSR count). The second-order valence-corrected chi connectivity index (χ2v) is 4.61. The van der Waals surface area contributed by atoms with E-state index in [1.807, 2.05) is 12.1 Å². The molecule has 2 N–H and O–H groups in total. The van der Waals surface area contributed by atoms with Gasteiger partial charge in [0.05, 0.1) is 6.42 Å². The second kappa shape index (κ2) is 7.52. The Bertz CT molecular complexity index is 473. The van der Waals surface area contributed by atoms with Crippen LogP contribution in [0.3, 0.4) is 0 Å². The maximum absolute atomic E-state index is 11.4. The van der Waals surface area contributed by atoms with Crippen LogP contribution in [0.4, 0.5) is 0 Å². The van der Waals surface area contributed by atoms with Crippen LogP contribution in [0.5, 0.6) is 0 Å². The number of amides is 2. The minimum Gasteiger partial charge on any atom is -0.455 e. The van der Waals surface area contributed by atoms with Crippen LogP contribution < -0.4 is 10.9 Å². The van der Waals surface area contributed by atoms with Gasteiger partial charge in [-0.3, -0.25) is 25.2 Å². The fourth-order valence-electron chi connectivity index (χ4n) is 1.16.